The molecule has 0 amide bonds. The molecule has 0 aliphatic heterocycles. The highest BCUT2D eigenvalue weighted by Gasteiger charge is 1.93. The molecule has 3 nitrogen and oxygen atoms in total. The molecule has 0 radical (unpaired) electrons. The topological polar surface area (TPSA) is 45.8 Å². The van der Waals surface area contributed by atoms with Gasteiger partial charge in [0.2, 0.25) is 0 Å². The maximum Gasteiger partial charge on any atom is 0.257 e. The highest BCUT2D eigenvalue weighted by Crippen LogP contribution is 2.03. The molecule has 2 rings (SSSR count). The molecule has 2 aromatic heterocycles. The van der Waals surface area contributed by atoms with Crippen LogP contribution in [0.5, 0.6) is 0 Å². The van der Waals surface area contributed by atoms with Crippen LogP contribution in [0.2, 0.25) is 0 Å². The van der Waals surface area contributed by atoms with E-state index in [4.69, 9.17) is 0 Å². The van der Waals surface area contributed by atoms with E-state index in [0.717, 1.165) is 5.39 Å². The van der Waals surface area contributed by atoms with Gasteiger partial charge in [0.25, 0.3) is 5.56 Å². The lowest BCUT2D eigenvalue weighted by atomic mass is 10.2. The van der Waals surface area contributed by atoms with Gasteiger partial charge in [0.1, 0.15) is 0 Å². The fourth-order valence-corrected chi connectivity index (χ4v) is 1.03. The lowest BCUT2D eigenvalue weighted by Gasteiger charge is -1.91. The van der Waals surface area contributed by atoms with E-state index in [2.05, 4.69) is 9.97 Å². The molecule has 0 saturated carbocycles. The second-order valence-electron chi connectivity index (χ2n) is 2.27. The standard InChI is InChI=1S/C8H6N2O.2C2H6/c11-8-7-5-9-3-1-6(7)2-4-10-8;2*1-2/h1-5H,(H,10,11);2*1-2H3. The summed E-state index contributed by atoms with van der Waals surface area (Å²) in [6.45, 7) is 8.00. The molecule has 15 heavy (non-hydrogen) atoms. The van der Waals surface area contributed by atoms with Gasteiger partial charge in [-0.3, -0.25) is 9.78 Å². The van der Waals surface area contributed by atoms with E-state index in [-0.39, 0.29) is 5.56 Å². The highest BCUT2D eigenvalue weighted by atomic mass is 16.1. The number of nitrogens with zero attached hydrogens (tertiary/aromatic N) is 1. The molecule has 3 heteroatoms. The number of fused-ring (bicyclic) bond motifs is 1. The van der Waals surface area contributed by atoms with E-state index in [1.54, 1.807) is 18.6 Å². The van der Waals surface area contributed by atoms with Crippen molar-refractivity contribution in [3.8, 4) is 0 Å². The number of rotatable bonds is 0. The quantitative estimate of drug-likeness (QED) is 0.720. The molecule has 0 aromatic carbocycles. The van der Waals surface area contributed by atoms with E-state index >= 15 is 0 Å². The lowest BCUT2D eigenvalue weighted by molar-refractivity contribution is 1.26. The predicted molar refractivity (Wildman–Crippen MR) is 65.1 cm³/mol. The van der Waals surface area contributed by atoms with Crippen molar-refractivity contribution in [2.24, 2.45) is 0 Å². The molecule has 0 unspecified atom stereocenters. The molecule has 0 atom stereocenters. The first-order chi connectivity index (χ1) is 7.38. The number of pyridine rings is 2. The van der Waals surface area contributed by atoms with Crippen molar-refractivity contribution in [2.45, 2.75) is 27.7 Å². The maximum absolute atomic E-state index is 11.1. The first kappa shape index (κ1) is 13.4. The summed E-state index contributed by atoms with van der Waals surface area (Å²) in [4.78, 5) is 17.5. The first-order valence-electron chi connectivity index (χ1n) is 5.29. The Bertz CT molecular complexity index is 429. The molecule has 2 aromatic rings. The Labute approximate surface area is 90.2 Å². The molecule has 2 heterocycles. The van der Waals surface area contributed by atoms with Crippen LogP contribution < -0.4 is 5.56 Å². The van der Waals surface area contributed by atoms with Crippen molar-refractivity contribution in [2.75, 3.05) is 0 Å². The largest absolute Gasteiger partial charge is 0.329 e. The Morgan fingerprint density at radius 2 is 1.80 bits per heavy atom. The average molecular weight is 206 g/mol. The summed E-state index contributed by atoms with van der Waals surface area (Å²) >= 11 is 0. The van der Waals surface area contributed by atoms with Crippen molar-refractivity contribution >= 4 is 10.8 Å². The van der Waals surface area contributed by atoms with Crippen molar-refractivity contribution in [1.29, 1.82) is 0 Å². The average Bonchev–Trinajstić information content (AvgIpc) is 2.35. The Morgan fingerprint density at radius 3 is 2.40 bits per heavy atom. The van der Waals surface area contributed by atoms with Crippen LogP contribution in [0.25, 0.3) is 10.8 Å². The fourth-order valence-electron chi connectivity index (χ4n) is 1.03. The molecule has 0 saturated heterocycles. The number of aromatic nitrogens is 2. The van der Waals surface area contributed by atoms with E-state index in [1.807, 2.05) is 39.8 Å². The monoisotopic (exact) mass is 206 g/mol. The zero-order valence-corrected chi connectivity index (χ0v) is 9.74. The molecule has 0 aliphatic carbocycles. The highest BCUT2D eigenvalue weighted by molar-refractivity contribution is 5.79. The normalized spacial score (nSPS) is 8.27. The minimum atomic E-state index is -0.0874. The van der Waals surface area contributed by atoms with Crippen LogP contribution >= 0.6 is 0 Å². The van der Waals surface area contributed by atoms with Crippen LogP contribution in [0.4, 0.5) is 0 Å². The van der Waals surface area contributed by atoms with Gasteiger partial charge in [-0.15, -0.1) is 0 Å². The van der Waals surface area contributed by atoms with Crippen molar-refractivity contribution in [3.05, 3.63) is 41.1 Å². The van der Waals surface area contributed by atoms with Gasteiger partial charge in [-0.25, -0.2) is 0 Å². The van der Waals surface area contributed by atoms with Crippen LogP contribution in [0.15, 0.2) is 35.5 Å². The third kappa shape index (κ3) is 3.54. The van der Waals surface area contributed by atoms with E-state index < -0.39 is 0 Å². The molecular formula is C12H18N2O. The lowest BCUT2D eigenvalue weighted by Crippen LogP contribution is -2.03. The van der Waals surface area contributed by atoms with Crippen LogP contribution in [0.1, 0.15) is 27.7 Å². The minimum absolute atomic E-state index is 0.0874. The van der Waals surface area contributed by atoms with Gasteiger partial charge in [-0.1, -0.05) is 27.7 Å². The predicted octanol–water partition coefficient (Wildman–Crippen LogP) is 2.98. The minimum Gasteiger partial charge on any atom is -0.329 e. The third-order valence-corrected chi connectivity index (χ3v) is 1.58. The van der Waals surface area contributed by atoms with Gasteiger partial charge in [-0.2, -0.15) is 0 Å². The summed E-state index contributed by atoms with van der Waals surface area (Å²) in [6, 6.07) is 3.66. The number of hydrogen-bond donors (Lipinski definition) is 1. The van der Waals surface area contributed by atoms with Crippen LogP contribution in [0, 0.1) is 0 Å². The second kappa shape index (κ2) is 7.74. The first-order valence-corrected chi connectivity index (χ1v) is 5.29. The summed E-state index contributed by atoms with van der Waals surface area (Å²) in [7, 11) is 0. The summed E-state index contributed by atoms with van der Waals surface area (Å²) in [6.07, 6.45) is 4.86. The van der Waals surface area contributed by atoms with Gasteiger partial charge >= 0.3 is 0 Å². The SMILES string of the molecule is CC.CC.O=c1[nH]ccc2ccncc12. The van der Waals surface area contributed by atoms with Crippen LogP contribution in [0.3, 0.4) is 0 Å². The zero-order valence-electron chi connectivity index (χ0n) is 9.74. The Kier molecular flexibility index (Phi) is 6.89. The molecule has 0 bridgehead atoms. The number of aromatic amines is 1. The second-order valence-corrected chi connectivity index (χ2v) is 2.27. The molecule has 0 aliphatic rings. The van der Waals surface area contributed by atoms with Crippen molar-refractivity contribution < 1.29 is 0 Å². The molecule has 0 fully saturated rings. The van der Waals surface area contributed by atoms with Crippen molar-refractivity contribution in [1.82, 2.24) is 9.97 Å². The smallest absolute Gasteiger partial charge is 0.257 e. The van der Waals surface area contributed by atoms with Gasteiger partial charge in [0.15, 0.2) is 0 Å². The number of hydrogen-bond acceptors (Lipinski definition) is 2. The molecule has 0 spiro atoms. The van der Waals surface area contributed by atoms with E-state index in [9.17, 15) is 4.79 Å². The van der Waals surface area contributed by atoms with Crippen LogP contribution in [-0.4, -0.2) is 9.97 Å². The van der Waals surface area contributed by atoms with Crippen molar-refractivity contribution in [3.63, 3.8) is 0 Å². The number of nitrogens with one attached hydrogen (secondary N) is 1. The third-order valence-electron chi connectivity index (χ3n) is 1.58. The Morgan fingerprint density at radius 1 is 1.13 bits per heavy atom. The molecular weight excluding hydrogens is 188 g/mol. The summed E-state index contributed by atoms with van der Waals surface area (Å²) in [5.74, 6) is 0. The van der Waals surface area contributed by atoms with Gasteiger partial charge in [-0.05, 0) is 17.5 Å². The zero-order chi connectivity index (χ0) is 11.7. The fraction of sp³-hybridized carbons (Fsp3) is 0.333. The number of H-pyrrole nitrogens is 1. The molecule has 1 N–H and O–H groups in total. The van der Waals surface area contributed by atoms with Gasteiger partial charge in [0, 0.05) is 18.6 Å². The van der Waals surface area contributed by atoms with Crippen LogP contribution in [-0.2, 0) is 0 Å². The summed E-state index contributed by atoms with van der Waals surface area (Å²) in [5, 5.41) is 1.55. The Balaban J connectivity index is 0.000000442. The summed E-state index contributed by atoms with van der Waals surface area (Å²) < 4.78 is 0. The van der Waals surface area contributed by atoms with E-state index in [0.29, 0.717) is 5.39 Å². The van der Waals surface area contributed by atoms with E-state index in [1.165, 1.54) is 0 Å². The van der Waals surface area contributed by atoms with Gasteiger partial charge in [0.05, 0.1) is 5.39 Å². The Hall–Kier alpha value is -1.64. The van der Waals surface area contributed by atoms with Gasteiger partial charge < -0.3 is 4.98 Å². The summed E-state index contributed by atoms with van der Waals surface area (Å²) in [5.41, 5.74) is -0.0874. The maximum atomic E-state index is 11.1. The molecule has 82 valence electrons.